The summed E-state index contributed by atoms with van der Waals surface area (Å²) in [6, 6.07) is 6.73. The maximum atomic E-state index is 9.10. The van der Waals surface area contributed by atoms with E-state index in [4.69, 9.17) is 10.2 Å². The largest absolute Gasteiger partial charge is 0.387 e. The van der Waals surface area contributed by atoms with Gasteiger partial charge in [0.2, 0.25) is 0 Å². The number of hydrogen-bond acceptors (Lipinski definition) is 2. The van der Waals surface area contributed by atoms with E-state index in [0.717, 1.165) is 0 Å². The van der Waals surface area contributed by atoms with Crippen molar-refractivity contribution in [3.8, 4) is 0 Å². The van der Waals surface area contributed by atoms with Crippen LogP contribution in [0.1, 0.15) is 44.4 Å². The monoisotopic (exact) mass is 236 g/mol. The Morgan fingerprint density at radius 2 is 1.35 bits per heavy atom. The molecule has 0 atom stereocenters. The van der Waals surface area contributed by atoms with Crippen LogP contribution in [-0.4, -0.2) is 21.4 Å². The van der Waals surface area contributed by atoms with Gasteiger partial charge in [-0.1, -0.05) is 23.8 Å². The second-order valence-electron chi connectivity index (χ2n) is 5.89. The molecule has 0 amide bonds. The van der Waals surface area contributed by atoms with Gasteiger partial charge >= 0.3 is 0 Å². The maximum Gasteiger partial charge on any atom is 0.0872 e. The Morgan fingerprint density at radius 1 is 0.882 bits per heavy atom. The Balaban J connectivity index is 0.000000172. The first-order valence-corrected chi connectivity index (χ1v) is 6.14. The molecule has 1 aliphatic carbocycles. The molecule has 0 fully saturated rings. The molecule has 1 aromatic rings. The second kappa shape index (κ2) is 4.79. The van der Waals surface area contributed by atoms with Crippen molar-refractivity contribution in [2.45, 2.75) is 58.7 Å². The normalized spacial score (nSPS) is 14.3. The Hall–Kier alpha value is -0.860. The van der Waals surface area contributed by atoms with Gasteiger partial charge in [-0.25, -0.2) is 0 Å². The zero-order valence-electron chi connectivity index (χ0n) is 11.5. The van der Waals surface area contributed by atoms with Gasteiger partial charge in [0.05, 0.1) is 11.2 Å². The van der Waals surface area contributed by atoms with Gasteiger partial charge in [0.1, 0.15) is 0 Å². The summed E-state index contributed by atoms with van der Waals surface area (Å²) >= 11 is 0. The van der Waals surface area contributed by atoms with E-state index < -0.39 is 11.2 Å². The molecule has 0 bridgehead atoms. The minimum absolute atomic E-state index is 1.01. The highest BCUT2D eigenvalue weighted by molar-refractivity contribution is 5.37. The summed E-state index contributed by atoms with van der Waals surface area (Å²) in [4.78, 5) is 0. The van der Waals surface area contributed by atoms with Crippen LogP contribution in [0.4, 0.5) is 0 Å². The fraction of sp³-hybridized carbons (Fsp3) is 0.600. The molecule has 2 heteroatoms. The fourth-order valence-corrected chi connectivity index (χ4v) is 1.32. The summed E-state index contributed by atoms with van der Waals surface area (Å²) in [7, 11) is 0. The molecule has 2 N–H and O–H groups in total. The lowest BCUT2D eigenvalue weighted by Gasteiger charge is -2.31. The van der Waals surface area contributed by atoms with E-state index in [9.17, 15) is 0 Å². The van der Waals surface area contributed by atoms with Crippen LogP contribution in [0.5, 0.6) is 0 Å². The number of aliphatic hydroxyl groups is 2. The van der Waals surface area contributed by atoms with Crippen molar-refractivity contribution in [3.05, 3.63) is 34.9 Å². The SMILES string of the molecule is CC(C)(O)C(C)(C)O.Cc1ccc2c(c1)CC2. The Bertz CT molecular complexity index is 369. The molecule has 0 saturated carbocycles. The number of rotatable bonds is 1. The summed E-state index contributed by atoms with van der Waals surface area (Å²) in [6.07, 6.45) is 2.60. The molecule has 17 heavy (non-hydrogen) atoms. The Morgan fingerprint density at radius 3 is 1.59 bits per heavy atom. The molecule has 0 spiro atoms. The van der Waals surface area contributed by atoms with Crippen molar-refractivity contribution in [2.24, 2.45) is 0 Å². The highest BCUT2D eigenvalue weighted by atomic mass is 16.3. The fourth-order valence-electron chi connectivity index (χ4n) is 1.32. The van der Waals surface area contributed by atoms with Crippen LogP contribution in [0.2, 0.25) is 0 Å². The van der Waals surface area contributed by atoms with E-state index in [1.54, 1.807) is 38.8 Å². The van der Waals surface area contributed by atoms with Crippen molar-refractivity contribution < 1.29 is 10.2 Å². The van der Waals surface area contributed by atoms with Crippen molar-refractivity contribution in [1.82, 2.24) is 0 Å². The first kappa shape index (κ1) is 14.2. The number of fused-ring (bicyclic) bond motifs is 1. The van der Waals surface area contributed by atoms with Gasteiger partial charge in [-0.05, 0) is 58.6 Å². The number of aryl methyl sites for hydroxylation is 3. The highest BCUT2D eigenvalue weighted by Crippen LogP contribution is 2.22. The molecule has 1 aromatic carbocycles. The number of hydrogen-bond donors (Lipinski definition) is 2. The molecule has 96 valence electrons. The van der Waals surface area contributed by atoms with Gasteiger partial charge in [0.25, 0.3) is 0 Å². The highest BCUT2D eigenvalue weighted by Gasteiger charge is 2.31. The molecule has 0 saturated heterocycles. The van der Waals surface area contributed by atoms with Gasteiger partial charge in [-0.15, -0.1) is 0 Å². The first-order valence-electron chi connectivity index (χ1n) is 6.14. The van der Waals surface area contributed by atoms with Crippen LogP contribution >= 0.6 is 0 Å². The third kappa shape index (κ3) is 3.83. The van der Waals surface area contributed by atoms with Crippen molar-refractivity contribution in [1.29, 1.82) is 0 Å². The lowest BCUT2D eigenvalue weighted by Crippen LogP contribution is -2.44. The predicted molar refractivity (Wildman–Crippen MR) is 71.2 cm³/mol. The lowest BCUT2D eigenvalue weighted by molar-refractivity contribution is -0.107. The van der Waals surface area contributed by atoms with Crippen LogP contribution in [0.15, 0.2) is 18.2 Å². The van der Waals surface area contributed by atoms with E-state index in [1.165, 1.54) is 18.4 Å². The zero-order valence-corrected chi connectivity index (χ0v) is 11.5. The molecular formula is C15H24O2. The van der Waals surface area contributed by atoms with E-state index >= 15 is 0 Å². The predicted octanol–water partition coefficient (Wildman–Crippen LogP) is 2.62. The van der Waals surface area contributed by atoms with Crippen LogP contribution < -0.4 is 0 Å². The van der Waals surface area contributed by atoms with Crippen molar-refractivity contribution in [3.63, 3.8) is 0 Å². The summed E-state index contributed by atoms with van der Waals surface area (Å²) in [5, 5.41) is 18.2. The molecule has 0 aromatic heterocycles. The van der Waals surface area contributed by atoms with Crippen LogP contribution in [0.3, 0.4) is 0 Å². The summed E-state index contributed by atoms with van der Waals surface area (Å²) in [5.74, 6) is 0. The van der Waals surface area contributed by atoms with Gasteiger partial charge in [-0.3, -0.25) is 0 Å². The molecule has 0 heterocycles. The third-order valence-electron chi connectivity index (χ3n) is 3.52. The minimum atomic E-state index is -1.01. The Labute approximate surface area is 104 Å². The second-order valence-corrected chi connectivity index (χ2v) is 5.89. The lowest BCUT2D eigenvalue weighted by atomic mass is 9.88. The van der Waals surface area contributed by atoms with Gasteiger partial charge in [0.15, 0.2) is 0 Å². The van der Waals surface area contributed by atoms with Crippen LogP contribution in [0, 0.1) is 6.92 Å². The van der Waals surface area contributed by atoms with Crippen LogP contribution in [-0.2, 0) is 12.8 Å². The van der Waals surface area contributed by atoms with Gasteiger partial charge in [-0.2, -0.15) is 0 Å². The average molecular weight is 236 g/mol. The zero-order chi connectivity index (χ0) is 13.3. The van der Waals surface area contributed by atoms with Gasteiger partial charge < -0.3 is 10.2 Å². The van der Waals surface area contributed by atoms with E-state index in [-0.39, 0.29) is 0 Å². The number of benzene rings is 1. The maximum absolute atomic E-state index is 9.10. The van der Waals surface area contributed by atoms with Gasteiger partial charge in [0, 0.05) is 0 Å². The smallest absolute Gasteiger partial charge is 0.0872 e. The Kier molecular flexibility index (Phi) is 4.00. The summed E-state index contributed by atoms with van der Waals surface area (Å²) < 4.78 is 0. The molecule has 1 aliphatic rings. The molecule has 0 unspecified atom stereocenters. The topological polar surface area (TPSA) is 40.5 Å². The third-order valence-corrected chi connectivity index (χ3v) is 3.52. The standard InChI is InChI=1S/C9H10.C6H14O2/c1-7-2-3-8-4-5-9(8)6-7;1-5(2,7)6(3,4)8/h2-3,6H,4-5H2,1H3;7-8H,1-4H3. The summed E-state index contributed by atoms with van der Waals surface area (Å²) in [6.45, 7) is 8.46. The quantitative estimate of drug-likeness (QED) is 0.787. The van der Waals surface area contributed by atoms with Crippen molar-refractivity contribution in [2.75, 3.05) is 0 Å². The van der Waals surface area contributed by atoms with E-state index in [0.29, 0.717) is 0 Å². The molecule has 0 aliphatic heterocycles. The van der Waals surface area contributed by atoms with Crippen LogP contribution in [0.25, 0.3) is 0 Å². The molecule has 2 rings (SSSR count). The van der Waals surface area contributed by atoms with E-state index in [2.05, 4.69) is 25.1 Å². The molecule has 0 radical (unpaired) electrons. The average Bonchev–Trinajstić information content (AvgIpc) is 2.08. The summed E-state index contributed by atoms with van der Waals surface area (Å²) in [5.41, 5.74) is 2.50. The van der Waals surface area contributed by atoms with E-state index in [1.807, 2.05) is 0 Å². The molecular weight excluding hydrogens is 212 g/mol. The van der Waals surface area contributed by atoms with Crippen molar-refractivity contribution >= 4 is 0 Å². The molecule has 2 nitrogen and oxygen atoms in total. The first-order chi connectivity index (χ1) is 7.61. The minimum Gasteiger partial charge on any atom is -0.387 e.